The lowest BCUT2D eigenvalue weighted by molar-refractivity contribution is -0.175. The van der Waals surface area contributed by atoms with Crippen LogP contribution in [0, 0.1) is 5.41 Å². The first kappa shape index (κ1) is 20.7. The predicted octanol–water partition coefficient (Wildman–Crippen LogP) is 1.86. The molecule has 0 radical (unpaired) electrons. The highest BCUT2D eigenvalue weighted by Gasteiger charge is 2.62. The summed E-state index contributed by atoms with van der Waals surface area (Å²) in [6, 6.07) is 13.5. The molecule has 1 fully saturated rings. The molecule has 1 aliphatic heterocycles. The molecule has 0 saturated carbocycles. The van der Waals surface area contributed by atoms with Gasteiger partial charge in [-0.05, 0) is 30.5 Å². The molecule has 0 aliphatic carbocycles. The molecule has 0 unspecified atom stereocenters. The van der Waals surface area contributed by atoms with Crippen LogP contribution in [0.3, 0.4) is 0 Å². The maximum atomic E-state index is 12.7. The summed E-state index contributed by atoms with van der Waals surface area (Å²) in [6.45, 7) is 1.60. The fourth-order valence-corrected chi connectivity index (χ4v) is 3.60. The number of nitrogens with one attached hydrogen (secondary N) is 1. The van der Waals surface area contributed by atoms with Gasteiger partial charge in [-0.25, -0.2) is 4.79 Å². The van der Waals surface area contributed by atoms with Crippen molar-refractivity contribution < 1.29 is 28.9 Å². The Labute approximate surface area is 169 Å². The van der Waals surface area contributed by atoms with Crippen molar-refractivity contribution in [2.45, 2.75) is 32.1 Å². The lowest BCUT2D eigenvalue weighted by atomic mass is 9.65. The van der Waals surface area contributed by atoms with Crippen LogP contribution in [0.25, 0.3) is 0 Å². The van der Waals surface area contributed by atoms with E-state index in [0.29, 0.717) is 17.1 Å². The van der Waals surface area contributed by atoms with Crippen LogP contribution in [-0.4, -0.2) is 43.3 Å². The third-order valence-electron chi connectivity index (χ3n) is 5.40. The van der Waals surface area contributed by atoms with E-state index in [4.69, 9.17) is 14.2 Å². The van der Waals surface area contributed by atoms with E-state index in [0.717, 1.165) is 5.56 Å². The van der Waals surface area contributed by atoms with Crippen LogP contribution >= 0.6 is 0 Å². The molecule has 7 nitrogen and oxygen atoms in total. The Morgan fingerprint density at radius 3 is 2.48 bits per heavy atom. The van der Waals surface area contributed by atoms with Crippen molar-refractivity contribution >= 4 is 11.9 Å². The summed E-state index contributed by atoms with van der Waals surface area (Å²) in [5.74, 6) is 0.142. The molecule has 3 atom stereocenters. The third kappa shape index (κ3) is 3.91. The van der Waals surface area contributed by atoms with Gasteiger partial charge >= 0.3 is 5.97 Å². The minimum absolute atomic E-state index is 0.0911. The second-order valence-corrected chi connectivity index (χ2v) is 7.07. The molecule has 7 heteroatoms. The number of methoxy groups -OCH3 is 2. The number of hydrogen-bond donors (Lipinski definition) is 2. The van der Waals surface area contributed by atoms with Gasteiger partial charge in [0, 0.05) is 6.07 Å². The average Bonchev–Trinajstić information content (AvgIpc) is 2.74. The number of carbonyl (C=O) groups excluding carboxylic acids is 2. The summed E-state index contributed by atoms with van der Waals surface area (Å²) in [5.41, 5.74) is 0.186. The SMILES string of the molecule is COc1ccc(C[C@]2([C@@H](C)O)C(=O)N[C@@H]2C(=O)OCc2ccccc2)c(OC)c1. The van der Waals surface area contributed by atoms with E-state index in [1.165, 1.54) is 14.0 Å². The van der Waals surface area contributed by atoms with Gasteiger partial charge in [0.1, 0.15) is 29.6 Å². The highest BCUT2D eigenvalue weighted by molar-refractivity contribution is 6.01. The maximum Gasteiger partial charge on any atom is 0.330 e. The number of rotatable bonds is 8. The van der Waals surface area contributed by atoms with Crippen molar-refractivity contribution in [1.29, 1.82) is 0 Å². The van der Waals surface area contributed by atoms with E-state index in [9.17, 15) is 14.7 Å². The third-order valence-corrected chi connectivity index (χ3v) is 5.40. The first-order valence-corrected chi connectivity index (χ1v) is 9.33. The number of esters is 1. The van der Waals surface area contributed by atoms with Crippen molar-refractivity contribution in [1.82, 2.24) is 5.32 Å². The molecule has 0 aromatic heterocycles. The Bertz CT molecular complexity index is 882. The van der Waals surface area contributed by atoms with Crippen LogP contribution in [0.4, 0.5) is 0 Å². The van der Waals surface area contributed by atoms with Gasteiger partial charge in [-0.2, -0.15) is 0 Å². The fourth-order valence-electron chi connectivity index (χ4n) is 3.60. The van der Waals surface area contributed by atoms with Crippen LogP contribution in [0.5, 0.6) is 11.5 Å². The van der Waals surface area contributed by atoms with Crippen LogP contribution in [0.15, 0.2) is 48.5 Å². The topological polar surface area (TPSA) is 94.1 Å². The molecule has 154 valence electrons. The highest BCUT2D eigenvalue weighted by Crippen LogP contribution is 2.41. The van der Waals surface area contributed by atoms with Gasteiger partial charge in [0.25, 0.3) is 0 Å². The lowest BCUT2D eigenvalue weighted by Crippen LogP contribution is -2.75. The number of aliphatic hydroxyl groups excluding tert-OH is 1. The first-order valence-electron chi connectivity index (χ1n) is 9.33. The molecule has 3 rings (SSSR count). The normalized spacial score (nSPS) is 21.5. The van der Waals surface area contributed by atoms with E-state index in [1.807, 2.05) is 30.3 Å². The number of carbonyl (C=O) groups is 2. The highest BCUT2D eigenvalue weighted by atomic mass is 16.5. The monoisotopic (exact) mass is 399 g/mol. The molecule has 1 aliphatic rings. The molecule has 29 heavy (non-hydrogen) atoms. The van der Waals surface area contributed by atoms with Crippen LogP contribution < -0.4 is 14.8 Å². The first-order chi connectivity index (χ1) is 13.9. The molecule has 0 bridgehead atoms. The van der Waals surface area contributed by atoms with E-state index >= 15 is 0 Å². The standard InChI is InChI=1S/C22H25NO6/c1-14(24)22(12-16-9-10-17(27-2)11-18(16)28-3)19(23-21(22)26)20(25)29-13-15-7-5-4-6-8-15/h4-11,14,19,24H,12-13H2,1-3H3,(H,23,26)/t14-,19-,22-/m1/s1. The maximum absolute atomic E-state index is 12.7. The molecule has 2 N–H and O–H groups in total. The number of benzene rings is 2. The van der Waals surface area contributed by atoms with Crippen molar-refractivity contribution in [2.24, 2.45) is 5.41 Å². The van der Waals surface area contributed by atoms with Gasteiger partial charge in [0.15, 0.2) is 0 Å². The Balaban J connectivity index is 1.82. The molecule has 2 aromatic rings. The smallest absolute Gasteiger partial charge is 0.330 e. The number of amides is 1. The summed E-state index contributed by atoms with van der Waals surface area (Å²) in [4.78, 5) is 25.3. The molecular weight excluding hydrogens is 374 g/mol. The number of aliphatic hydroxyl groups is 1. The number of hydrogen-bond acceptors (Lipinski definition) is 6. The van der Waals surface area contributed by atoms with Gasteiger partial charge in [-0.15, -0.1) is 0 Å². The summed E-state index contributed by atoms with van der Waals surface area (Å²) >= 11 is 0. The zero-order valence-corrected chi connectivity index (χ0v) is 16.7. The van der Waals surface area contributed by atoms with Crippen molar-refractivity contribution in [3.63, 3.8) is 0 Å². The Morgan fingerprint density at radius 1 is 1.17 bits per heavy atom. The molecule has 1 amide bonds. The van der Waals surface area contributed by atoms with Gasteiger partial charge in [0.2, 0.25) is 5.91 Å². The molecule has 0 spiro atoms. The summed E-state index contributed by atoms with van der Waals surface area (Å²) < 4.78 is 16.0. The summed E-state index contributed by atoms with van der Waals surface area (Å²) in [7, 11) is 3.06. The van der Waals surface area contributed by atoms with Crippen molar-refractivity contribution in [3.8, 4) is 11.5 Å². The molecular formula is C22H25NO6. The van der Waals surface area contributed by atoms with E-state index < -0.39 is 29.4 Å². The summed E-state index contributed by atoms with van der Waals surface area (Å²) in [5, 5.41) is 13.1. The van der Waals surface area contributed by atoms with Crippen molar-refractivity contribution in [3.05, 3.63) is 59.7 Å². The quantitative estimate of drug-likeness (QED) is 0.520. The Kier molecular flexibility index (Phi) is 6.08. The minimum atomic E-state index is -1.34. The zero-order valence-electron chi connectivity index (χ0n) is 16.7. The predicted molar refractivity (Wildman–Crippen MR) is 106 cm³/mol. The van der Waals surface area contributed by atoms with E-state index in [2.05, 4.69) is 5.32 Å². The number of β-lactam (4-membered cyclic amide) rings is 1. The number of ether oxygens (including phenoxy) is 3. The lowest BCUT2D eigenvalue weighted by Gasteiger charge is -2.49. The zero-order chi connectivity index (χ0) is 21.0. The van der Waals surface area contributed by atoms with Crippen molar-refractivity contribution in [2.75, 3.05) is 14.2 Å². The summed E-state index contributed by atoms with van der Waals surface area (Å²) in [6.07, 6.45) is -0.952. The minimum Gasteiger partial charge on any atom is -0.497 e. The average molecular weight is 399 g/mol. The molecule has 2 aromatic carbocycles. The van der Waals surface area contributed by atoms with Crippen LogP contribution in [0.2, 0.25) is 0 Å². The van der Waals surface area contributed by atoms with Crippen LogP contribution in [-0.2, 0) is 27.4 Å². The Morgan fingerprint density at radius 2 is 1.90 bits per heavy atom. The second kappa shape index (κ2) is 8.53. The van der Waals surface area contributed by atoms with Gasteiger partial charge < -0.3 is 24.6 Å². The van der Waals surface area contributed by atoms with E-state index in [-0.39, 0.29) is 13.0 Å². The second-order valence-electron chi connectivity index (χ2n) is 7.07. The van der Waals surface area contributed by atoms with Crippen LogP contribution in [0.1, 0.15) is 18.1 Å². The fraction of sp³-hybridized carbons (Fsp3) is 0.364. The molecule has 1 saturated heterocycles. The Hall–Kier alpha value is -3.06. The van der Waals surface area contributed by atoms with Gasteiger partial charge in [-0.3, -0.25) is 4.79 Å². The molecule has 1 heterocycles. The van der Waals surface area contributed by atoms with E-state index in [1.54, 1.807) is 25.3 Å². The van der Waals surface area contributed by atoms with Gasteiger partial charge in [0.05, 0.1) is 20.3 Å². The van der Waals surface area contributed by atoms with Gasteiger partial charge in [-0.1, -0.05) is 36.4 Å². The largest absolute Gasteiger partial charge is 0.497 e.